The highest BCUT2D eigenvalue weighted by Gasteiger charge is 2.20. The maximum Gasteiger partial charge on any atom is 0.159 e. The standard InChI is InChI=1S/C12H8Br3N/c13-12(14,15)10-6-4-9(5-7-10)11-3-1-2-8-16-11/h1-8H. The van der Waals surface area contributed by atoms with Gasteiger partial charge in [-0.1, -0.05) is 78.1 Å². The number of halogens is 3. The number of alkyl halides is 3. The third-order valence-corrected chi connectivity index (χ3v) is 3.55. The second-order valence-electron chi connectivity index (χ2n) is 3.29. The van der Waals surface area contributed by atoms with E-state index in [9.17, 15) is 0 Å². The fraction of sp³-hybridized carbons (Fsp3) is 0.0833. The van der Waals surface area contributed by atoms with E-state index in [4.69, 9.17) is 0 Å². The van der Waals surface area contributed by atoms with Gasteiger partial charge in [-0.05, 0) is 17.7 Å². The summed E-state index contributed by atoms with van der Waals surface area (Å²) in [4.78, 5) is 4.31. The Morgan fingerprint density at radius 3 is 2.06 bits per heavy atom. The van der Waals surface area contributed by atoms with E-state index in [1.807, 2.05) is 30.3 Å². The van der Waals surface area contributed by atoms with Gasteiger partial charge in [0, 0.05) is 11.8 Å². The van der Waals surface area contributed by atoms with Crippen LogP contribution in [0, 0.1) is 0 Å². The lowest BCUT2D eigenvalue weighted by Crippen LogP contribution is -1.96. The summed E-state index contributed by atoms with van der Waals surface area (Å²) in [5.41, 5.74) is 3.20. The lowest BCUT2D eigenvalue weighted by atomic mass is 10.1. The van der Waals surface area contributed by atoms with Crippen LogP contribution in [0.1, 0.15) is 5.56 Å². The maximum absolute atomic E-state index is 4.31. The number of hydrogen-bond donors (Lipinski definition) is 0. The second-order valence-corrected chi connectivity index (χ2v) is 10.1. The first-order valence-corrected chi connectivity index (χ1v) is 7.04. The van der Waals surface area contributed by atoms with Crippen molar-refractivity contribution in [1.29, 1.82) is 0 Å². The number of rotatable bonds is 1. The molecule has 2 rings (SSSR count). The normalized spacial score (nSPS) is 11.4. The molecule has 0 fully saturated rings. The van der Waals surface area contributed by atoms with E-state index in [0.717, 1.165) is 16.8 Å². The van der Waals surface area contributed by atoms with Crippen LogP contribution in [-0.4, -0.2) is 4.98 Å². The molecule has 0 radical (unpaired) electrons. The smallest absolute Gasteiger partial charge is 0.159 e. The molecular weight excluding hydrogens is 398 g/mol. The summed E-state index contributed by atoms with van der Waals surface area (Å²) in [6.45, 7) is 0. The first kappa shape index (κ1) is 12.3. The number of aromatic nitrogens is 1. The molecule has 0 atom stereocenters. The summed E-state index contributed by atoms with van der Waals surface area (Å²) < 4.78 is -0.352. The van der Waals surface area contributed by atoms with Crippen LogP contribution < -0.4 is 0 Å². The first-order valence-electron chi connectivity index (χ1n) is 4.66. The highest BCUT2D eigenvalue weighted by molar-refractivity contribution is 9.38. The van der Waals surface area contributed by atoms with Crippen molar-refractivity contribution < 1.29 is 0 Å². The van der Waals surface area contributed by atoms with Crippen LogP contribution in [-0.2, 0) is 2.14 Å². The number of benzene rings is 1. The van der Waals surface area contributed by atoms with E-state index in [0.29, 0.717) is 0 Å². The van der Waals surface area contributed by atoms with Crippen LogP contribution in [0.15, 0.2) is 48.7 Å². The molecule has 1 nitrogen and oxygen atoms in total. The molecule has 82 valence electrons. The first-order chi connectivity index (χ1) is 7.57. The van der Waals surface area contributed by atoms with Gasteiger partial charge >= 0.3 is 0 Å². The second kappa shape index (κ2) is 4.98. The summed E-state index contributed by atoms with van der Waals surface area (Å²) in [6, 6.07) is 14.1. The monoisotopic (exact) mass is 403 g/mol. The molecule has 16 heavy (non-hydrogen) atoms. The Labute approximate surface area is 120 Å². The van der Waals surface area contributed by atoms with Crippen LogP contribution in [0.2, 0.25) is 0 Å². The van der Waals surface area contributed by atoms with Gasteiger partial charge in [-0.3, -0.25) is 4.98 Å². The molecule has 0 aliphatic heterocycles. The molecular formula is C12H8Br3N. The Morgan fingerprint density at radius 2 is 1.56 bits per heavy atom. The van der Waals surface area contributed by atoms with E-state index in [2.05, 4.69) is 64.9 Å². The maximum atomic E-state index is 4.31. The molecule has 0 amide bonds. The Morgan fingerprint density at radius 1 is 0.875 bits per heavy atom. The molecule has 1 aromatic heterocycles. The van der Waals surface area contributed by atoms with Crippen molar-refractivity contribution in [2.45, 2.75) is 2.14 Å². The van der Waals surface area contributed by atoms with Crippen molar-refractivity contribution in [2.24, 2.45) is 0 Å². The van der Waals surface area contributed by atoms with Crippen LogP contribution in [0.25, 0.3) is 11.3 Å². The molecule has 0 saturated carbocycles. The van der Waals surface area contributed by atoms with Gasteiger partial charge in [-0.2, -0.15) is 0 Å². The van der Waals surface area contributed by atoms with Crippen molar-refractivity contribution in [2.75, 3.05) is 0 Å². The van der Waals surface area contributed by atoms with Crippen LogP contribution in [0.5, 0.6) is 0 Å². The molecule has 1 aromatic carbocycles. The fourth-order valence-electron chi connectivity index (χ4n) is 1.36. The Bertz CT molecular complexity index is 460. The van der Waals surface area contributed by atoms with Crippen LogP contribution >= 0.6 is 47.8 Å². The molecule has 0 spiro atoms. The zero-order valence-electron chi connectivity index (χ0n) is 8.20. The number of nitrogens with zero attached hydrogens (tertiary/aromatic N) is 1. The van der Waals surface area contributed by atoms with Gasteiger partial charge in [0.1, 0.15) is 0 Å². The molecule has 0 aliphatic carbocycles. The largest absolute Gasteiger partial charge is 0.256 e. The van der Waals surface area contributed by atoms with Crippen LogP contribution in [0.3, 0.4) is 0 Å². The lowest BCUT2D eigenvalue weighted by Gasteiger charge is -2.12. The lowest BCUT2D eigenvalue weighted by molar-refractivity contribution is 1.31. The minimum atomic E-state index is -0.352. The molecule has 4 heteroatoms. The van der Waals surface area contributed by atoms with Crippen LogP contribution in [0.4, 0.5) is 0 Å². The molecule has 0 N–H and O–H groups in total. The van der Waals surface area contributed by atoms with E-state index in [-0.39, 0.29) is 2.14 Å². The van der Waals surface area contributed by atoms with E-state index < -0.39 is 0 Å². The Kier molecular flexibility index (Phi) is 3.82. The average molecular weight is 406 g/mol. The zero-order valence-corrected chi connectivity index (χ0v) is 13.0. The van der Waals surface area contributed by atoms with E-state index >= 15 is 0 Å². The summed E-state index contributed by atoms with van der Waals surface area (Å²) >= 11 is 10.5. The highest BCUT2D eigenvalue weighted by atomic mass is 80.0. The number of pyridine rings is 1. The predicted molar refractivity (Wildman–Crippen MR) is 78.1 cm³/mol. The minimum Gasteiger partial charge on any atom is -0.256 e. The summed E-state index contributed by atoms with van der Waals surface area (Å²) in [5, 5.41) is 0. The number of hydrogen-bond acceptors (Lipinski definition) is 1. The van der Waals surface area contributed by atoms with Crippen molar-refractivity contribution >= 4 is 47.8 Å². The Hall–Kier alpha value is -0.190. The zero-order chi connectivity index (χ0) is 11.6. The summed E-state index contributed by atoms with van der Waals surface area (Å²) in [7, 11) is 0. The molecule has 2 aromatic rings. The van der Waals surface area contributed by atoms with Gasteiger partial charge in [0.25, 0.3) is 0 Å². The topological polar surface area (TPSA) is 12.9 Å². The summed E-state index contributed by atoms with van der Waals surface area (Å²) in [6.07, 6.45) is 1.80. The van der Waals surface area contributed by atoms with Gasteiger partial charge in [0.2, 0.25) is 0 Å². The van der Waals surface area contributed by atoms with Gasteiger partial charge in [0.05, 0.1) is 5.69 Å². The van der Waals surface area contributed by atoms with Gasteiger partial charge in [0.15, 0.2) is 2.14 Å². The Balaban J connectivity index is 2.34. The van der Waals surface area contributed by atoms with Gasteiger partial charge in [-0.15, -0.1) is 0 Å². The van der Waals surface area contributed by atoms with Crippen molar-refractivity contribution in [3.8, 4) is 11.3 Å². The average Bonchev–Trinajstić information content (AvgIpc) is 2.29. The molecule has 0 unspecified atom stereocenters. The van der Waals surface area contributed by atoms with E-state index in [1.54, 1.807) is 6.20 Å². The molecule has 0 aliphatic rings. The molecule has 0 saturated heterocycles. The van der Waals surface area contributed by atoms with Gasteiger partial charge in [-0.25, -0.2) is 0 Å². The molecule has 0 bridgehead atoms. The van der Waals surface area contributed by atoms with Crippen molar-refractivity contribution in [3.05, 3.63) is 54.2 Å². The van der Waals surface area contributed by atoms with Crippen molar-refractivity contribution in [3.63, 3.8) is 0 Å². The quantitative estimate of drug-likeness (QED) is 0.605. The highest BCUT2D eigenvalue weighted by Crippen LogP contribution is 2.44. The third kappa shape index (κ3) is 2.93. The van der Waals surface area contributed by atoms with Gasteiger partial charge < -0.3 is 0 Å². The third-order valence-electron chi connectivity index (χ3n) is 2.17. The fourth-order valence-corrected chi connectivity index (χ4v) is 2.16. The van der Waals surface area contributed by atoms with E-state index in [1.165, 1.54) is 0 Å². The van der Waals surface area contributed by atoms with Crippen molar-refractivity contribution in [1.82, 2.24) is 4.98 Å². The predicted octanol–water partition coefficient (Wildman–Crippen LogP) is 5.04. The SMILES string of the molecule is BrC(Br)(Br)c1ccc(-c2ccccn2)cc1. The molecule has 1 heterocycles. The minimum absolute atomic E-state index is 0.352. The summed E-state index contributed by atoms with van der Waals surface area (Å²) in [5.74, 6) is 0.